The van der Waals surface area contributed by atoms with Gasteiger partial charge in [-0.15, -0.1) is 0 Å². The summed E-state index contributed by atoms with van der Waals surface area (Å²) < 4.78 is 26.5. The van der Waals surface area contributed by atoms with Crippen molar-refractivity contribution in [2.75, 3.05) is 6.54 Å². The van der Waals surface area contributed by atoms with Gasteiger partial charge in [0.2, 0.25) is 10.0 Å². The minimum absolute atomic E-state index is 0.0604. The van der Waals surface area contributed by atoms with Crippen molar-refractivity contribution in [2.45, 2.75) is 32.1 Å². The van der Waals surface area contributed by atoms with E-state index in [4.69, 9.17) is 23.2 Å². The first-order chi connectivity index (χ1) is 9.05. The van der Waals surface area contributed by atoms with Gasteiger partial charge in [0, 0.05) is 22.2 Å². The van der Waals surface area contributed by atoms with Crippen LogP contribution in [0.4, 0.5) is 0 Å². The highest BCUT2D eigenvalue weighted by atomic mass is 35.5. The smallest absolute Gasteiger partial charge is 0.215 e. The second kappa shape index (κ2) is 6.62. The van der Waals surface area contributed by atoms with Gasteiger partial charge in [-0.3, -0.25) is 0 Å². The molecule has 0 aliphatic heterocycles. The molecule has 0 saturated heterocycles. The predicted octanol–water partition coefficient (Wildman–Crippen LogP) is 2.82. The number of nitrogens with one attached hydrogen (secondary N) is 1. The zero-order valence-electron chi connectivity index (χ0n) is 11.7. The van der Waals surface area contributed by atoms with Crippen molar-refractivity contribution in [3.8, 4) is 0 Å². The summed E-state index contributed by atoms with van der Waals surface area (Å²) in [5.74, 6) is -0.395. The zero-order valence-corrected chi connectivity index (χ0v) is 14.0. The Balaban J connectivity index is 2.82. The van der Waals surface area contributed by atoms with E-state index in [2.05, 4.69) is 4.72 Å². The molecule has 2 N–H and O–H groups in total. The van der Waals surface area contributed by atoms with Crippen molar-refractivity contribution in [1.82, 2.24) is 4.72 Å². The third-order valence-corrected chi connectivity index (χ3v) is 5.25. The lowest BCUT2D eigenvalue weighted by atomic mass is 9.93. The minimum atomic E-state index is -3.63. The van der Waals surface area contributed by atoms with E-state index in [0.717, 1.165) is 0 Å². The number of rotatable bonds is 6. The minimum Gasteiger partial charge on any atom is -0.389 e. The molecule has 1 aromatic rings. The maximum Gasteiger partial charge on any atom is 0.215 e. The fourth-order valence-corrected chi connectivity index (χ4v) is 3.37. The maximum absolute atomic E-state index is 12.0. The van der Waals surface area contributed by atoms with Crippen molar-refractivity contribution in [3.05, 3.63) is 33.8 Å². The molecule has 0 fully saturated rings. The molecule has 0 aliphatic carbocycles. The summed E-state index contributed by atoms with van der Waals surface area (Å²) in [6.45, 7) is 5.16. The average molecular weight is 340 g/mol. The Hall–Kier alpha value is -0.330. The van der Waals surface area contributed by atoms with Gasteiger partial charge in [-0.25, -0.2) is 13.1 Å². The van der Waals surface area contributed by atoms with Crippen LogP contribution in [0.5, 0.6) is 0 Å². The average Bonchev–Trinajstić information content (AvgIpc) is 2.32. The summed E-state index contributed by atoms with van der Waals surface area (Å²) in [5.41, 5.74) is -0.760. The highest BCUT2D eigenvalue weighted by Gasteiger charge is 2.27. The molecule has 114 valence electrons. The van der Waals surface area contributed by atoms with E-state index in [1.54, 1.807) is 25.1 Å². The molecule has 7 heteroatoms. The topological polar surface area (TPSA) is 66.4 Å². The predicted molar refractivity (Wildman–Crippen MR) is 82.6 cm³/mol. The first-order valence-electron chi connectivity index (χ1n) is 6.18. The molecule has 0 saturated carbocycles. The lowest BCUT2D eigenvalue weighted by Gasteiger charge is -2.27. The molecule has 0 aromatic heterocycles. The van der Waals surface area contributed by atoms with Crippen molar-refractivity contribution in [3.63, 3.8) is 0 Å². The molecule has 1 aromatic carbocycles. The van der Waals surface area contributed by atoms with Gasteiger partial charge >= 0.3 is 0 Å². The van der Waals surface area contributed by atoms with Gasteiger partial charge in [0.05, 0.1) is 11.4 Å². The summed E-state index contributed by atoms with van der Waals surface area (Å²) in [4.78, 5) is 0. The Morgan fingerprint density at radius 1 is 1.30 bits per heavy atom. The van der Waals surface area contributed by atoms with Crippen LogP contribution in [0.15, 0.2) is 18.2 Å². The van der Waals surface area contributed by atoms with Crippen molar-refractivity contribution in [2.24, 2.45) is 5.92 Å². The highest BCUT2D eigenvalue weighted by molar-refractivity contribution is 7.88. The molecule has 0 spiro atoms. The molecule has 0 radical (unpaired) electrons. The van der Waals surface area contributed by atoms with Crippen LogP contribution in [0.25, 0.3) is 0 Å². The SMILES string of the molecule is CC(C)C(C)(O)CNS(=O)(=O)Cc1c(Cl)cccc1Cl. The summed E-state index contributed by atoms with van der Waals surface area (Å²) in [6.07, 6.45) is 0. The van der Waals surface area contributed by atoms with Gasteiger partial charge in [0.15, 0.2) is 0 Å². The van der Waals surface area contributed by atoms with E-state index >= 15 is 0 Å². The Labute approximate surface area is 130 Å². The summed E-state index contributed by atoms with van der Waals surface area (Å²) >= 11 is 11.9. The Morgan fingerprint density at radius 3 is 2.25 bits per heavy atom. The molecule has 1 unspecified atom stereocenters. The first kappa shape index (κ1) is 17.7. The normalized spacial score (nSPS) is 15.3. The Kier molecular flexibility index (Phi) is 5.87. The molecule has 0 bridgehead atoms. The lowest BCUT2D eigenvalue weighted by molar-refractivity contribution is 0.0190. The molecule has 0 heterocycles. The lowest BCUT2D eigenvalue weighted by Crippen LogP contribution is -2.44. The van der Waals surface area contributed by atoms with Gasteiger partial charge in [0.25, 0.3) is 0 Å². The van der Waals surface area contributed by atoms with Crippen molar-refractivity contribution in [1.29, 1.82) is 0 Å². The monoisotopic (exact) mass is 339 g/mol. The largest absolute Gasteiger partial charge is 0.389 e. The van der Waals surface area contributed by atoms with Crippen LogP contribution >= 0.6 is 23.2 Å². The van der Waals surface area contributed by atoms with Gasteiger partial charge in [-0.1, -0.05) is 43.1 Å². The molecule has 4 nitrogen and oxygen atoms in total. The number of hydrogen-bond acceptors (Lipinski definition) is 3. The van der Waals surface area contributed by atoms with Gasteiger partial charge in [-0.05, 0) is 25.0 Å². The third kappa shape index (κ3) is 4.90. The number of halogens is 2. The Bertz CT molecular complexity index is 551. The van der Waals surface area contributed by atoms with Crippen LogP contribution in [0.2, 0.25) is 10.0 Å². The second-order valence-electron chi connectivity index (χ2n) is 5.29. The molecule has 1 atom stereocenters. The summed E-state index contributed by atoms with van der Waals surface area (Å²) in [6, 6.07) is 4.82. The molecule has 0 aliphatic rings. The molecular weight excluding hydrogens is 321 g/mol. The molecule has 20 heavy (non-hydrogen) atoms. The molecule has 1 rings (SSSR count). The van der Waals surface area contributed by atoms with E-state index in [-0.39, 0.29) is 18.2 Å². The third-order valence-electron chi connectivity index (χ3n) is 3.29. The van der Waals surface area contributed by atoms with Gasteiger partial charge < -0.3 is 5.11 Å². The van der Waals surface area contributed by atoms with Crippen LogP contribution in [0.3, 0.4) is 0 Å². The van der Waals surface area contributed by atoms with E-state index in [1.165, 1.54) is 0 Å². The van der Waals surface area contributed by atoms with E-state index in [1.807, 2.05) is 13.8 Å². The fraction of sp³-hybridized carbons (Fsp3) is 0.538. The highest BCUT2D eigenvalue weighted by Crippen LogP contribution is 2.26. The summed E-state index contributed by atoms with van der Waals surface area (Å²) in [5, 5.41) is 10.7. The number of benzene rings is 1. The molecule has 0 amide bonds. The van der Waals surface area contributed by atoms with Gasteiger partial charge in [-0.2, -0.15) is 0 Å². The van der Waals surface area contributed by atoms with E-state index in [9.17, 15) is 13.5 Å². The second-order valence-corrected chi connectivity index (χ2v) is 7.91. The van der Waals surface area contributed by atoms with Crippen LogP contribution in [-0.2, 0) is 15.8 Å². The van der Waals surface area contributed by atoms with E-state index < -0.39 is 15.6 Å². The van der Waals surface area contributed by atoms with Crippen molar-refractivity contribution >= 4 is 33.2 Å². The fourth-order valence-electron chi connectivity index (χ4n) is 1.37. The zero-order chi connectivity index (χ0) is 15.6. The molecular formula is C13H19Cl2NO3S. The summed E-state index contributed by atoms with van der Waals surface area (Å²) in [7, 11) is -3.63. The number of sulfonamides is 1. The van der Waals surface area contributed by atoms with Crippen LogP contribution in [-0.4, -0.2) is 25.7 Å². The van der Waals surface area contributed by atoms with E-state index in [0.29, 0.717) is 15.6 Å². The van der Waals surface area contributed by atoms with Gasteiger partial charge in [0.1, 0.15) is 0 Å². The first-order valence-corrected chi connectivity index (χ1v) is 8.58. The van der Waals surface area contributed by atoms with Crippen LogP contribution in [0.1, 0.15) is 26.3 Å². The maximum atomic E-state index is 12.0. The van der Waals surface area contributed by atoms with Crippen LogP contribution < -0.4 is 4.72 Å². The Morgan fingerprint density at radius 2 is 1.80 bits per heavy atom. The number of aliphatic hydroxyl groups is 1. The van der Waals surface area contributed by atoms with Crippen LogP contribution in [0, 0.1) is 5.92 Å². The number of hydrogen-bond donors (Lipinski definition) is 2. The van der Waals surface area contributed by atoms with Crippen molar-refractivity contribution < 1.29 is 13.5 Å². The quantitative estimate of drug-likeness (QED) is 0.837. The standard InChI is InChI=1S/C13H19Cl2NO3S/c1-9(2)13(3,17)8-16-20(18,19)7-10-11(14)5-4-6-12(10)15/h4-6,9,16-17H,7-8H2,1-3H3.